The first-order valence-electron chi connectivity index (χ1n) is 5.11. The second-order valence-electron chi connectivity index (χ2n) is 3.93. The zero-order chi connectivity index (χ0) is 12.3. The Kier molecular flexibility index (Phi) is 3.48. The quantitative estimate of drug-likeness (QED) is 0.849. The van der Waals surface area contributed by atoms with E-state index in [4.69, 9.17) is 5.11 Å². The van der Waals surface area contributed by atoms with Gasteiger partial charge in [-0.05, 0) is 25.0 Å². The molecule has 3 heteroatoms. The van der Waals surface area contributed by atoms with Crippen molar-refractivity contribution in [3.8, 4) is 0 Å². The molecule has 0 radical (unpaired) electrons. The minimum absolute atomic E-state index is 0.382. The Hall–Kier alpha value is -1.64. The molecule has 16 heavy (non-hydrogen) atoms. The lowest BCUT2D eigenvalue weighted by Crippen LogP contribution is -2.31. The summed E-state index contributed by atoms with van der Waals surface area (Å²) >= 11 is 0. The molecule has 0 aromatic heterocycles. The van der Waals surface area contributed by atoms with Gasteiger partial charge in [-0.2, -0.15) is 0 Å². The van der Waals surface area contributed by atoms with Crippen LogP contribution >= 0.6 is 0 Å². The Labute approximate surface area is 94.4 Å². The van der Waals surface area contributed by atoms with Gasteiger partial charge in [-0.15, -0.1) is 0 Å². The molecule has 0 fully saturated rings. The van der Waals surface area contributed by atoms with Crippen molar-refractivity contribution in [1.82, 2.24) is 0 Å². The minimum atomic E-state index is -1.04. The van der Waals surface area contributed by atoms with Gasteiger partial charge >= 0.3 is 5.97 Å². The Morgan fingerprint density at radius 2 is 2.25 bits per heavy atom. The average Bonchev–Trinajstić information content (AvgIpc) is 2.27. The van der Waals surface area contributed by atoms with Crippen molar-refractivity contribution in [3.05, 3.63) is 41.7 Å². The Morgan fingerprint density at radius 1 is 1.62 bits per heavy atom. The Morgan fingerprint density at radius 3 is 2.62 bits per heavy atom. The molecule has 1 atom stereocenters. The van der Waals surface area contributed by atoms with Crippen LogP contribution in [0.4, 0.5) is 4.39 Å². The van der Waals surface area contributed by atoms with Crippen LogP contribution < -0.4 is 0 Å². The van der Waals surface area contributed by atoms with E-state index in [1.165, 1.54) is 12.1 Å². The molecule has 86 valence electrons. The number of benzene rings is 1. The van der Waals surface area contributed by atoms with Crippen LogP contribution in [0.1, 0.15) is 31.4 Å². The van der Waals surface area contributed by atoms with Crippen LogP contribution in [0.3, 0.4) is 0 Å². The summed E-state index contributed by atoms with van der Waals surface area (Å²) in [6.45, 7) is 6.85. The molecule has 0 saturated heterocycles. The second-order valence-corrected chi connectivity index (χ2v) is 3.93. The highest BCUT2D eigenvalue weighted by Gasteiger charge is 2.33. The smallest absolute Gasteiger partial charge is 0.313 e. The van der Waals surface area contributed by atoms with Gasteiger partial charge in [-0.25, -0.2) is 4.39 Å². The summed E-state index contributed by atoms with van der Waals surface area (Å²) in [4.78, 5) is 11.2. The third kappa shape index (κ3) is 1.98. The summed E-state index contributed by atoms with van der Waals surface area (Å²) in [5.74, 6) is -1.38. The van der Waals surface area contributed by atoms with Gasteiger partial charge in [0.25, 0.3) is 0 Å². The number of hydrogen-bond donors (Lipinski definition) is 1. The number of rotatable bonds is 4. The number of carboxylic acids is 1. The van der Waals surface area contributed by atoms with Crippen molar-refractivity contribution < 1.29 is 14.3 Å². The van der Waals surface area contributed by atoms with Crippen molar-refractivity contribution in [2.75, 3.05) is 0 Å². The van der Waals surface area contributed by atoms with Gasteiger partial charge in [-0.1, -0.05) is 31.7 Å². The number of aliphatic carboxylic acids is 1. The molecule has 0 spiro atoms. The number of carboxylic acid groups (broad SMARTS) is 1. The fraction of sp³-hybridized carbons (Fsp3) is 0.308. The van der Waals surface area contributed by atoms with E-state index in [1.54, 1.807) is 26.0 Å². The molecule has 1 aromatic rings. The fourth-order valence-electron chi connectivity index (χ4n) is 1.51. The molecule has 0 saturated carbocycles. The maximum Gasteiger partial charge on any atom is 0.313 e. The van der Waals surface area contributed by atoms with Gasteiger partial charge < -0.3 is 5.11 Å². The first kappa shape index (κ1) is 12.4. The van der Waals surface area contributed by atoms with Crippen LogP contribution in [-0.2, 0) is 10.2 Å². The monoisotopic (exact) mass is 222 g/mol. The van der Waals surface area contributed by atoms with Gasteiger partial charge in [0.05, 0.1) is 5.41 Å². The van der Waals surface area contributed by atoms with E-state index in [-0.39, 0.29) is 0 Å². The summed E-state index contributed by atoms with van der Waals surface area (Å²) in [5, 5.41) is 9.16. The molecule has 1 unspecified atom stereocenters. The normalized spacial score (nSPS) is 14.2. The van der Waals surface area contributed by atoms with Crippen LogP contribution in [0, 0.1) is 5.82 Å². The standard InChI is InChI=1S/C13H15FO2/c1-4-9-6-7-10(8-11(9)14)13(3,5-2)12(15)16/h4,6-8H,1,5H2,2-3H3,(H,15,16). The van der Waals surface area contributed by atoms with Gasteiger partial charge in [0.15, 0.2) is 0 Å². The van der Waals surface area contributed by atoms with Crippen LogP contribution in [0.25, 0.3) is 6.08 Å². The third-order valence-corrected chi connectivity index (χ3v) is 3.04. The minimum Gasteiger partial charge on any atom is -0.481 e. The predicted molar refractivity (Wildman–Crippen MR) is 61.8 cm³/mol. The molecule has 1 N–H and O–H groups in total. The Bertz CT molecular complexity index is 426. The summed E-state index contributed by atoms with van der Waals surface area (Å²) in [5.41, 5.74) is -0.182. The molecule has 0 aliphatic carbocycles. The predicted octanol–water partition coefficient (Wildman–Crippen LogP) is 3.22. The van der Waals surface area contributed by atoms with Gasteiger partial charge in [-0.3, -0.25) is 4.79 Å². The molecule has 2 nitrogen and oxygen atoms in total. The Balaban J connectivity index is 3.28. The summed E-state index contributed by atoms with van der Waals surface area (Å²) in [7, 11) is 0. The van der Waals surface area contributed by atoms with Gasteiger partial charge in [0, 0.05) is 5.56 Å². The van der Waals surface area contributed by atoms with Crippen molar-refractivity contribution in [1.29, 1.82) is 0 Å². The van der Waals surface area contributed by atoms with Crippen LogP contribution in [0.2, 0.25) is 0 Å². The van der Waals surface area contributed by atoms with Crippen molar-refractivity contribution in [2.24, 2.45) is 0 Å². The lowest BCUT2D eigenvalue weighted by Gasteiger charge is -2.23. The van der Waals surface area contributed by atoms with E-state index in [9.17, 15) is 9.18 Å². The van der Waals surface area contributed by atoms with E-state index in [0.717, 1.165) is 0 Å². The fourth-order valence-corrected chi connectivity index (χ4v) is 1.51. The molecule has 1 rings (SSSR count). The number of halogens is 1. The molecular weight excluding hydrogens is 207 g/mol. The third-order valence-electron chi connectivity index (χ3n) is 3.04. The summed E-state index contributed by atoms with van der Waals surface area (Å²) < 4.78 is 13.5. The van der Waals surface area contributed by atoms with E-state index in [1.807, 2.05) is 0 Å². The van der Waals surface area contributed by atoms with E-state index >= 15 is 0 Å². The molecule has 0 aliphatic heterocycles. The van der Waals surface area contributed by atoms with Crippen molar-refractivity contribution in [2.45, 2.75) is 25.7 Å². The summed E-state index contributed by atoms with van der Waals surface area (Å²) in [6, 6.07) is 4.46. The van der Waals surface area contributed by atoms with Gasteiger partial charge in [0.1, 0.15) is 5.82 Å². The van der Waals surface area contributed by atoms with Crippen LogP contribution in [0.5, 0.6) is 0 Å². The van der Waals surface area contributed by atoms with Crippen LogP contribution in [-0.4, -0.2) is 11.1 Å². The molecular formula is C13H15FO2. The first-order valence-corrected chi connectivity index (χ1v) is 5.11. The maximum absolute atomic E-state index is 13.5. The molecule has 0 aliphatic rings. The van der Waals surface area contributed by atoms with Crippen LogP contribution in [0.15, 0.2) is 24.8 Å². The second kappa shape index (κ2) is 4.47. The lowest BCUT2D eigenvalue weighted by molar-refractivity contribution is -0.143. The largest absolute Gasteiger partial charge is 0.481 e. The van der Waals surface area contributed by atoms with E-state index < -0.39 is 17.2 Å². The average molecular weight is 222 g/mol. The molecule has 0 bridgehead atoms. The van der Waals surface area contributed by atoms with E-state index in [2.05, 4.69) is 6.58 Å². The highest BCUT2D eigenvalue weighted by Crippen LogP contribution is 2.29. The lowest BCUT2D eigenvalue weighted by atomic mass is 9.80. The molecule has 1 aromatic carbocycles. The van der Waals surface area contributed by atoms with Gasteiger partial charge in [0.2, 0.25) is 0 Å². The number of carbonyl (C=O) groups is 1. The SMILES string of the molecule is C=Cc1ccc(C(C)(CC)C(=O)O)cc1F. The first-order chi connectivity index (χ1) is 7.45. The molecule has 0 amide bonds. The highest BCUT2D eigenvalue weighted by atomic mass is 19.1. The highest BCUT2D eigenvalue weighted by molar-refractivity contribution is 5.80. The topological polar surface area (TPSA) is 37.3 Å². The molecule has 0 heterocycles. The number of hydrogen-bond acceptors (Lipinski definition) is 1. The van der Waals surface area contributed by atoms with Crippen molar-refractivity contribution >= 4 is 12.0 Å². The van der Waals surface area contributed by atoms with Crippen molar-refractivity contribution in [3.63, 3.8) is 0 Å². The zero-order valence-corrected chi connectivity index (χ0v) is 9.46. The summed E-state index contributed by atoms with van der Waals surface area (Å²) in [6.07, 6.45) is 1.82. The maximum atomic E-state index is 13.5. The zero-order valence-electron chi connectivity index (χ0n) is 9.46. The van der Waals surface area contributed by atoms with E-state index in [0.29, 0.717) is 17.5 Å².